The van der Waals surface area contributed by atoms with Gasteiger partial charge in [-0.3, -0.25) is 4.99 Å². The van der Waals surface area contributed by atoms with Gasteiger partial charge in [-0.2, -0.15) is 0 Å². The summed E-state index contributed by atoms with van der Waals surface area (Å²) in [7, 11) is 0. The highest BCUT2D eigenvalue weighted by atomic mass is 14.7. The van der Waals surface area contributed by atoms with Gasteiger partial charge >= 0.3 is 0 Å². The molecule has 1 aromatic carbocycles. The first-order valence-electron chi connectivity index (χ1n) is 5.78. The average Bonchev–Trinajstić information content (AvgIpc) is 2.67. The van der Waals surface area contributed by atoms with Crippen molar-refractivity contribution < 1.29 is 0 Å². The van der Waals surface area contributed by atoms with Crippen molar-refractivity contribution in [2.24, 2.45) is 10.9 Å². The number of rotatable bonds is 0. The Balaban J connectivity index is 0.000000282. The molecule has 1 aromatic rings. The second kappa shape index (κ2) is 8.22. The van der Waals surface area contributed by atoms with E-state index in [2.05, 4.69) is 37.9 Å². The molecule has 1 nitrogen and oxygen atoms in total. The summed E-state index contributed by atoms with van der Waals surface area (Å²) in [5, 5.41) is 0. The molecule has 0 amide bonds. The maximum Gasteiger partial charge on any atom is 0.0646 e. The van der Waals surface area contributed by atoms with E-state index >= 15 is 0 Å². The standard InChI is InChI=1S/C8H7N.C4H10.C2H6/c1-2-4-8-6-9-5-7(8)3-1;1-4(2)3;1-2/h1-5H,6H2;4H,1-3H3;1-2H3. The fourth-order valence-electron chi connectivity index (χ4n) is 1.05. The van der Waals surface area contributed by atoms with Crippen LogP contribution in [-0.2, 0) is 6.54 Å². The van der Waals surface area contributed by atoms with Gasteiger partial charge in [0.1, 0.15) is 0 Å². The Labute approximate surface area is 94.3 Å². The third-order valence-electron chi connectivity index (χ3n) is 1.55. The van der Waals surface area contributed by atoms with Gasteiger partial charge in [-0.1, -0.05) is 58.9 Å². The summed E-state index contributed by atoms with van der Waals surface area (Å²) in [5.41, 5.74) is 2.62. The molecule has 0 aromatic heterocycles. The second-order valence-corrected chi connectivity index (χ2v) is 3.90. The summed E-state index contributed by atoms with van der Waals surface area (Å²) >= 11 is 0. The molecule has 0 N–H and O–H groups in total. The van der Waals surface area contributed by atoms with Crippen LogP contribution in [-0.4, -0.2) is 6.21 Å². The van der Waals surface area contributed by atoms with Crippen molar-refractivity contribution in [1.29, 1.82) is 0 Å². The molecule has 1 heteroatoms. The fraction of sp³-hybridized carbons (Fsp3) is 0.500. The first-order chi connectivity index (χ1) is 7.20. The van der Waals surface area contributed by atoms with E-state index in [-0.39, 0.29) is 0 Å². The molecule has 0 radical (unpaired) electrons. The first-order valence-corrected chi connectivity index (χ1v) is 5.78. The van der Waals surface area contributed by atoms with Gasteiger partial charge in [-0.15, -0.1) is 0 Å². The number of aliphatic imine (C=N–C) groups is 1. The summed E-state index contributed by atoms with van der Waals surface area (Å²) in [5.74, 6) is 0.833. The van der Waals surface area contributed by atoms with Gasteiger partial charge in [0.25, 0.3) is 0 Å². The van der Waals surface area contributed by atoms with Crippen molar-refractivity contribution in [3.8, 4) is 0 Å². The molecule has 0 saturated heterocycles. The Morgan fingerprint density at radius 3 is 2.13 bits per heavy atom. The van der Waals surface area contributed by atoms with Gasteiger partial charge in [0.05, 0.1) is 6.54 Å². The first kappa shape index (κ1) is 13.9. The minimum absolute atomic E-state index is 0.833. The van der Waals surface area contributed by atoms with Crippen molar-refractivity contribution in [2.45, 2.75) is 41.2 Å². The van der Waals surface area contributed by atoms with Crippen LogP contribution < -0.4 is 0 Å². The Bertz CT molecular complexity index is 284. The van der Waals surface area contributed by atoms with E-state index in [9.17, 15) is 0 Å². The number of hydrogen-bond acceptors (Lipinski definition) is 1. The summed E-state index contributed by atoms with van der Waals surface area (Å²) in [6, 6.07) is 8.29. The van der Waals surface area contributed by atoms with Gasteiger partial charge in [0.15, 0.2) is 0 Å². The van der Waals surface area contributed by atoms with E-state index in [1.807, 2.05) is 32.2 Å². The SMILES string of the molecule is C1=NCc2ccccc21.CC.CC(C)C. The van der Waals surface area contributed by atoms with Crippen LogP contribution in [0.15, 0.2) is 29.3 Å². The van der Waals surface area contributed by atoms with Crippen LogP contribution in [0.5, 0.6) is 0 Å². The van der Waals surface area contributed by atoms with Crippen molar-refractivity contribution in [2.75, 3.05) is 0 Å². The van der Waals surface area contributed by atoms with E-state index < -0.39 is 0 Å². The maximum atomic E-state index is 4.13. The van der Waals surface area contributed by atoms with Gasteiger partial charge in [-0.25, -0.2) is 0 Å². The van der Waals surface area contributed by atoms with Crippen molar-refractivity contribution in [1.82, 2.24) is 0 Å². The normalized spacial score (nSPS) is 11.1. The lowest BCUT2D eigenvalue weighted by Crippen LogP contribution is -1.79. The molecule has 0 unspecified atom stereocenters. The summed E-state index contributed by atoms with van der Waals surface area (Å²) in [4.78, 5) is 4.13. The molecule has 1 aliphatic heterocycles. The van der Waals surface area contributed by atoms with E-state index in [1.54, 1.807) is 0 Å². The molecule has 0 saturated carbocycles. The number of fused-ring (bicyclic) bond motifs is 1. The van der Waals surface area contributed by atoms with Gasteiger partial charge in [0.2, 0.25) is 0 Å². The number of benzene rings is 1. The zero-order valence-electron chi connectivity index (χ0n) is 10.6. The van der Waals surface area contributed by atoms with Crippen LogP contribution in [0.25, 0.3) is 0 Å². The quantitative estimate of drug-likeness (QED) is 0.598. The zero-order chi connectivity index (χ0) is 11.7. The topological polar surface area (TPSA) is 12.4 Å². The number of nitrogens with zero attached hydrogens (tertiary/aromatic N) is 1. The lowest BCUT2D eigenvalue weighted by molar-refractivity contribution is 0.737. The molecule has 2 rings (SSSR count). The van der Waals surface area contributed by atoms with Crippen LogP contribution in [0.3, 0.4) is 0 Å². The largest absolute Gasteiger partial charge is 0.288 e. The van der Waals surface area contributed by atoms with Crippen LogP contribution in [0.2, 0.25) is 0 Å². The summed E-state index contributed by atoms with van der Waals surface area (Å²) in [6.45, 7) is 11.4. The number of hydrogen-bond donors (Lipinski definition) is 0. The van der Waals surface area contributed by atoms with Crippen LogP contribution in [0.4, 0.5) is 0 Å². The molecule has 0 atom stereocenters. The van der Waals surface area contributed by atoms with Crippen molar-refractivity contribution in [3.05, 3.63) is 35.4 Å². The summed E-state index contributed by atoms with van der Waals surface area (Å²) in [6.07, 6.45) is 1.93. The third-order valence-corrected chi connectivity index (χ3v) is 1.55. The Morgan fingerprint density at radius 1 is 1.07 bits per heavy atom. The van der Waals surface area contributed by atoms with E-state index in [0.29, 0.717) is 0 Å². The lowest BCUT2D eigenvalue weighted by Gasteiger charge is -1.91. The smallest absolute Gasteiger partial charge is 0.0646 e. The second-order valence-electron chi connectivity index (χ2n) is 3.90. The zero-order valence-corrected chi connectivity index (χ0v) is 10.6. The highest BCUT2D eigenvalue weighted by Gasteiger charge is 2.01. The Morgan fingerprint density at radius 2 is 1.60 bits per heavy atom. The monoisotopic (exact) mass is 205 g/mol. The minimum Gasteiger partial charge on any atom is -0.288 e. The fourth-order valence-corrected chi connectivity index (χ4v) is 1.05. The highest BCUT2D eigenvalue weighted by Crippen LogP contribution is 2.12. The summed E-state index contributed by atoms with van der Waals surface area (Å²) < 4.78 is 0. The van der Waals surface area contributed by atoms with Gasteiger partial charge in [-0.05, 0) is 17.0 Å². The average molecular weight is 205 g/mol. The Kier molecular flexibility index (Phi) is 7.61. The van der Waals surface area contributed by atoms with E-state index in [4.69, 9.17) is 0 Å². The molecule has 0 fully saturated rings. The molecule has 15 heavy (non-hydrogen) atoms. The highest BCUT2D eigenvalue weighted by molar-refractivity contribution is 5.84. The van der Waals surface area contributed by atoms with Gasteiger partial charge in [0, 0.05) is 6.21 Å². The van der Waals surface area contributed by atoms with Crippen molar-refractivity contribution >= 4 is 6.21 Å². The predicted molar refractivity (Wildman–Crippen MR) is 69.6 cm³/mol. The van der Waals surface area contributed by atoms with Crippen LogP contribution in [0, 0.1) is 5.92 Å². The molecule has 0 spiro atoms. The molecule has 1 heterocycles. The molecular formula is C14H23N. The van der Waals surface area contributed by atoms with Gasteiger partial charge < -0.3 is 0 Å². The third kappa shape index (κ3) is 6.05. The predicted octanol–water partition coefficient (Wildman–Crippen LogP) is 4.31. The van der Waals surface area contributed by atoms with Crippen molar-refractivity contribution in [3.63, 3.8) is 0 Å². The Hall–Kier alpha value is -1.11. The molecule has 1 aliphatic rings. The van der Waals surface area contributed by atoms with Crippen LogP contribution >= 0.6 is 0 Å². The minimum atomic E-state index is 0.833. The molecule has 84 valence electrons. The van der Waals surface area contributed by atoms with Crippen LogP contribution in [0.1, 0.15) is 45.7 Å². The lowest BCUT2D eigenvalue weighted by atomic mass is 10.1. The molecule has 0 aliphatic carbocycles. The molecular weight excluding hydrogens is 182 g/mol. The van der Waals surface area contributed by atoms with E-state index in [0.717, 1.165) is 12.5 Å². The molecule has 0 bridgehead atoms. The van der Waals surface area contributed by atoms with E-state index in [1.165, 1.54) is 11.1 Å². The maximum absolute atomic E-state index is 4.13.